The van der Waals surface area contributed by atoms with Crippen molar-refractivity contribution in [3.8, 4) is 16.9 Å². The van der Waals surface area contributed by atoms with Crippen molar-refractivity contribution in [3.63, 3.8) is 0 Å². The fourth-order valence-corrected chi connectivity index (χ4v) is 3.78. The van der Waals surface area contributed by atoms with Crippen molar-refractivity contribution in [2.24, 2.45) is 0 Å². The highest BCUT2D eigenvalue weighted by atomic mass is 32.1. The number of thiophene rings is 1. The van der Waals surface area contributed by atoms with E-state index < -0.39 is 0 Å². The lowest BCUT2D eigenvalue weighted by molar-refractivity contribution is 0.477. The van der Waals surface area contributed by atoms with Gasteiger partial charge in [-0.3, -0.25) is 0 Å². The first kappa shape index (κ1) is 15.6. The second kappa shape index (κ2) is 6.18. The van der Waals surface area contributed by atoms with Crippen molar-refractivity contribution in [2.45, 2.75) is 13.8 Å². The number of aryl methyl sites for hydroxylation is 2. The summed E-state index contributed by atoms with van der Waals surface area (Å²) in [6, 6.07) is 15.6. The Labute approximate surface area is 149 Å². The van der Waals surface area contributed by atoms with Crippen LogP contribution in [-0.4, -0.2) is 15.1 Å². The number of anilines is 2. The molecule has 25 heavy (non-hydrogen) atoms. The van der Waals surface area contributed by atoms with E-state index in [1.54, 1.807) is 23.5 Å². The average molecular weight is 347 g/mol. The molecular formula is C20H17N3OS. The zero-order valence-corrected chi connectivity index (χ0v) is 14.8. The maximum absolute atomic E-state index is 10.1. The van der Waals surface area contributed by atoms with E-state index in [9.17, 15) is 5.11 Å². The molecule has 4 rings (SSSR count). The van der Waals surface area contributed by atoms with Crippen LogP contribution >= 0.6 is 11.3 Å². The summed E-state index contributed by atoms with van der Waals surface area (Å²) in [4.78, 5) is 10.1. The zero-order valence-electron chi connectivity index (χ0n) is 13.9. The van der Waals surface area contributed by atoms with E-state index in [0.29, 0.717) is 17.3 Å². The molecule has 4 aromatic rings. The number of nitrogens with one attached hydrogen (secondary N) is 1. The van der Waals surface area contributed by atoms with Gasteiger partial charge in [0.05, 0.1) is 11.1 Å². The van der Waals surface area contributed by atoms with Gasteiger partial charge < -0.3 is 10.4 Å². The molecule has 0 amide bonds. The van der Waals surface area contributed by atoms with Crippen LogP contribution in [0.5, 0.6) is 5.75 Å². The fraction of sp³-hybridized carbons (Fsp3) is 0.100. The molecule has 2 aromatic heterocycles. The van der Waals surface area contributed by atoms with Crippen molar-refractivity contribution in [3.05, 3.63) is 65.3 Å². The summed E-state index contributed by atoms with van der Waals surface area (Å²) in [5.41, 5.74) is 4.08. The van der Waals surface area contributed by atoms with Crippen LogP contribution in [0.3, 0.4) is 0 Å². The van der Waals surface area contributed by atoms with Gasteiger partial charge in [0.2, 0.25) is 0 Å². The van der Waals surface area contributed by atoms with Gasteiger partial charge in [-0.2, -0.15) is 0 Å². The number of aromatic nitrogens is 2. The number of nitrogens with zero attached hydrogens (tertiary/aromatic N) is 2. The van der Waals surface area contributed by atoms with Crippen LogP contribution in [0.2, 0.25) is 0 Å². The summed E-state index contributed by atoms with van der Waals surface area (Å²) in [5.74, 6) is 1.60. The summed E-state index contributed by atoms with van der Waals surface area (Å²) < 4.78 is 0. The molecule has 0 bridgehead atoms. The Morgan fingerprint density at radius 1 is 0.960 bits per heavy atom. The van der Waals surface area contributed by atoms with Gasteiger partial charge in [0.15, 0.2) is 0 Å². The molecule has 0 unspecified atom stereocenters. The molecule has 0 fully saturated rings. The van der Waals surface area contributed by atoms with Gasteiger partial charge >= 0.3 is 0 Å². The van der Waals surface area contributed by atoms with Crippen LogP contribution in [-0.2, 0) is 0 Å². The molecular weight excluding hydrogens is 330 g/mol. The number of rotatable bonds is 3. The summed E-state index contributed by atoms with van der Waals surface area (Å²) in [5, 5.41) is 16.4. The molecule has 4 nitrogen and oxygen atoms in total. The first-order valence-electron chi connectivity index (χ1n) is 8.00. The molecule has 0 aliphatic carbocycles. The molecule has 0 aliphatic heterocycles. The van der Waals surface area contributed by atoms with Crippen LogP contribution in [0.15, 0.2) is 53.9 Å². The van der Waals surface area contributed by atoms with E-state index in [2.05, 4.69) is 51.9 Å². The largest absolute Gasteiger partial charge is 0.506 e. The number of aromatic hydroxyl groups is 1. The Morgan fingerprint density at radius 2 is 1.72 bits per heavy atom. The van der Waals surface area contributed by atoms with Gasteiger partial charge in [-0.25, -0.2) is 9.97 Å². The number of hydrogen-bond donors (Lipinski definition) is 2. The summed E-state index contributed by atoms with van der Waals surface area (Å²) >= 11 is 1.60. The topological polar surface area (TPSA) is 58.0 Å². The Balaban J connectivity index is 1.89. The summed E-state index contributed by atoms with van der Waals surface area (Å²) in [7, 11) is 0. The molecule has 5 heteroatoms. The Bertz CT molecular complexity index is 1050. The number of benzene rings is 2. The molecule has 2 aromatic carbocycles. The number of phenolic OH excluding ortho intramolecular Hbond substituents is 1. The number of para-hydroxylation sites is 2. The normalized spacial score (nSPS) is 11.0. The third kappa shape index (κ3) is 2.94. The fourth-order valence-electron chi connectivity index (χ4n) is 2.79. The maximum atomic E-state index is 10.1. The van der Waals surface area contributed by atoms with E-state index in [-0.39, 0.29) is 5.75 Å². The van der Waals surface area contributed by atoms with E-state index >= 15 is 0 Å². The quantitative estimate of drug-likeness (QED) is 0.486. The molecule has 0 saturated carbocycles. The lowest BCUT2D eigenvalue weighted by Crippen LogP contribution is -1.98. The van der Waals surface area contributed by atoms with Crippen LogP contribution < -0.4 is 5.32 Å². The molecule has 124 valence electrons. The van der Waals surface area contributed by atoms with Crippen LogP contribution in [0.25, 0.3) is 21.3 Å². The van der Waals surface area contributed by atoms with Crippen LogP contribution in [0.4, 0.5) is 11.5 Å². The monoisotopic (exact) mass is 347 g/mol. The molecule has 0 atom stereocenters. The Kier molecular flexibility index (Phi) is 3.86. The molecule has 0 radical (unpaired) electrons. The SMILES string of the molecule is Cc1ccc(-c2csc3nc(C)nc(Nc4ccccc4O)c23)cc1. The standard InChI is InChI=1S/C20H17N3OS/c1-12-7-9-14(10-8-12)15-11-25-20-18(15)19(21-13(2)22-20)23-16-5-3-4-6-17(16)24/h3-11,24H,1-2H3,(H,21,22,23). The second-order valence-corrected chi connectivity index (χ2v) is 6.82. The van der Waals surface area contributed by atoms with Crippen molar-refractivity contribution < 1.29 is 5.11 Å². The van der Waals surface area contributed by atoms with E-state index in [0.717, 1.165) is 21.3 Å². The molecule has 0 spiro atoms. The third-order valence-corrected chi connectivity index (χ3v) is 4.94. The minimum absolute atomic E-state index is 0.194. The number of hydrogen-bond acceptors (Lipinski definition) is 5. The van der Waals surface area contributed by atoms with Gasteiger partial charge in [-0.15, -0.1) is 11.3 Å². The van der Waals surface area contributed by atoms with Gasteiger partial charge in [-0.1, -0.05) is 42.0 Å². The molecule has 2 heterocycles. The first-order valence-corrected chi connectivity index (χ1v) is 8.87. The van der Waals surface area contributed by atoms with Gasteiger partial charge in [0.25, 0.3) is 0 Å². The molecule has 2 N–H and O–H groups in total. The summed E-state index contributed by atoms with van der Waals surface area (Å²) in [6.07, 6.45) is 0. The molecule has 0 saturated heterocycles. The predicted octanol–water partition coefficient (Wildman–Crippen LogP) is 5.42. The van der Waals surface area contributed by atoms with Crippen molar-refractivity contribution in [1.82, 2.24) is 9.97 Å². The first-order chi connectivity index (χ1) is 12.1. The smallest absolute Gasteiger partial charge is 0.143 e. The van der Waals surface area contributed by atoms with E-state index in [4.69, 9.17) is 0 Å². The number of fused-ring (bicyclic) bond motifs is 1. The minimum atomic E-state index is 0.194. The van der Waals surface area contributed by atoms with E-state index in [1.807, 2.05) is 19.1 Å². The predicted molar refractivity (Wildman–Crippen MR) is 104 cm³/mol. The second-order valence-electron chi connectivity index (χ2n) is 5.96. The highest BCUT2D eigenvalue weighted by Gasteiger charge is 2.15. The average Bonchev–Trinajstić information content (AvgIpc) is 3.01. The zero-order chi connectivity index (χ0) is 17.4. The Morgan fingerprint density at radius 3 is 2.48 bits per heavy atom. The van der Waals surface area contributed by atoms with Crippen LogP contribution in [0.1, 0.15) is 11.4 Å². The van der Waals surface area contributed by atoms with Crippen molar-refractivity contribution >= 4 is 33.1 Å². The minimum Gasteiger partial charge on any atom is -0.506 e. The lowest BCUT2D eigenvalue weighted by Gasteiger charge is -2.11. The maximum Gasteiger partial charge on any atom is 0.143 e. The molecule has 0 aliphatic rings. The van der Waals surface area contributed by atoms with Crippen molar-refractivity contribution in [2.75, 3.05) is 5.32 Å². The van der Waals surface area contributed by atoms with E-state index in [1.165, 1.54) is 5.56 Å². The lowest BCUT2D eigenvalue weighted by atomic mass is 10.0. The Hall–Kier alpha value is -2.92. The summed E-state index contributed by atoms with van der Waals surface area (Å²) in [6.45, 7) is 3.95. The van der Waals surface area contributed by atoms with Crippen molar-refractivity contribution in [1.29, 1.82) is 0 Å². The highest BCUT2D eigenvalue weighted by molar-refractivity contribution is 7.17. The third-order valence-electron chi connectivity index (χ3n) is 4.07. The van der Waals surface area contributed by atoms with Gasteiger partial charge in [0.1, 0.15) is 22.2 Å². The van der Waals surface area contributed by atoms with Gasteiger partial charge in [0, 0.05) is 10.9 Å². The number of phenols is 1. The van der Waals surface area contributed by atoms with Gasteiger partial charge in [-0.05, 0) is 31.5 Å². The highest BCUT2D eigenvalue weighted by Crippen LogP contribution is 2.38. The van der Waals surface area contributed by atoms with Crippen LogP contribution in [0, 0.1) is 13.8 Å².